The second kappa shape index (κ2) is 241. The van der Waals surface area contributed by atoms with E-state index in [-0.39, 0.29) is 74.4 Å². The van der Waals surface area contributed by atoms with Crippen LogP contribution in [0.4, 0.5) is 0 Å². The van der Waals surface area contributed by atoms with Crippen molar-refractivity contribution in [2.75, 3.05) is 0 Å². The molecule has 0 aromatic rings. The van der Waals surface area contributed by atoms with E-state index in [1.807, 2.05) is 0 Å². The summed E-state index contributed by atoms with van der Waals surface area (Å²) in [6.07, 6.45) is 0. The third-order valence-electron chi connectivity index (χ3n) is 0. The van der Waals surface area contributed by atoms with Crippen molar-refractivity contribution in [3.63, 3.8) is 0 Å². The van der Waals surface area contributed by atoms with Crippen molar-refractivity contribution in [2.24, 2.45) is 0 Å². The fourth-order valence-corrected chi connectivity index (χ4v) is 0. The van der Waals surface area contributed by atoms with Gasteiger partial charge in [-0.25, -0.2) is 0 Å². The van der Waals surface area contributed by atoms with Gasteiger partial charge in [0, 0.05) is 37.2 Å². The Morgan fingerprint density at radius 1 is 0.500 bits per heavy atom. The normalized spacial score (nSPS) is 0.600. The van der Waals surface area contributed by atoms with Crippen LogP contribution in [0.2, 0.25) is 0 Å². The van der Waals surface area contributed by atoms with Crippen LogP contribution in [0.25, 0.3) is 0 Å². The third-order valence-corrected chi connectivity index (χ3v) is 0. The van der Waals surface area contributed by atoms with Crippen LogP contribution in [-0.2, 0) is 22.4 Å². The molecule has 0 aliphatic heterocycles. The summed E-state index contributed by atoms with van der Waals surface area (Å²) in [4.78, 5) is 0. The van der Waals surface area contributed by atoms with Crippen LogP contribution in [-0.4, -0.2) is 0 Å². The van der Waals surface area contributed by atoms with Crippen LogP contribution < -0.4 is 0 Å². The SMILES string of the molecule is C.C.II.[CH3-].[CH3-].[CH3-].[CH3-].[CH3-].[Ta+5]. The monoisotopic (exact) mass is 542 g/mol. The first kappa shape index (κ1) is 149. The van der Waals surface area contributed by atoms with Gasteiger partial charge in [0.05, 0.1) is 0 Å². The van der Waals surface area contributed by atoms with Gasteiger partial charge < -0.3 is 37.1 Å². The minimum atomic E-state index is 0. The number of hydrogen-bond donors (Lipinski definition) is 0. The molecule has 0 fully saturated rings. The minimum absolute atomic E-state index is 0. The molecule has 0 radical (unpaired) electrons. The smallest absolute Gasteiger partial charge is 0.358 e. The van der Waals surface area contributed by atoms with Crippen LogP contribution >= 0.6 is 37.2 Å². The zero-order chi connectivity index (χ0) is 2.00. The van der Waals surface area contributed by atoms with E-state index in [2.05, 4.69) is 37.2 Å². The van der Waals surface area contributed by atoms with Crippen molar-refractivity contribution in [3.05, 3.63) is 37.1 Å². The standard InChI is InChI=1S/2CH4.5CH3.I2.Ta/c;;;;;;;1-2;/h2*1H4;5*1H3;;/q;;5*-1;;+5. The third kappa shape index (κ3) is 178. The van der Waals surface area contributed by atoms with E-state index in [9.17, 15) is 0 Å². The second-order valence-electron chi connectivity index (χ2n) is 0. The van der Waals surface area contributed by atoms with Crippen molar-refractivity contribution in [3.8, 4) is 0 Å². The molecule has 0 saturated carbocycles. The van der Waals surface area contributed by atoms with Gasteiger partial charge in [-0.2, -0.15) is 0 Å². The fourth-order valence-electron chi connectivity index (χ4n) is 0. The molecule has 0 aromatic heterocycles. The first-order valence-electron chi connectivity index (χ1n) is 0.143. The Kier molecular flexibility index (Phi) is 3600. The molecule has 0 aromatic carbocycles. The van der Waals surface area contributed by atoms with Crippen LogP contribution in [0.15, 0.2) is 0 Å². The van der Waals surface area contributed by atoms with Crippen molar-refractivity contribution in [1.82, 2.24) is 0 Å². The Morgan fingerprint density at radius 3 is 0.500 bits per heavy atom. The summed E-state index contributed by atoms with van der Waals surface area (Å²) in [5.41, 5.74) is 0. The second-order valence-corrected chi connectivity index (χ2v) is 0. The molecule has 0 aliphatic rings. The van der Waals surface area contributed by atoms with Crippen molar-refractivity contribution in [1.29, 1.82) is 0 Å². The maximum absolute atomic E-state index is 2.12. The fraction of sp³-hybridized carbons (Fsp3) is 0.286. The van der Waals surface area contributed by atoms with Gasteiger partial charge in [-0.3, -0.25) is 0 Å². The summed E-state index contributed by atoms with van der Waals surface area (Å²) in [5, 5.41) is 0. The molecule has 0 unspecified atom stereocenters. The molecule has 0 bridgehead atoms. The van der Waals surface area contributed by atoms with Crippen molar-refractivity contribution < 1.29 is 22.4 Å². The molecular weight excluding hydrogens is 519 g/mol. The predicted molar refractivity (Wildman–Crippen MR) is 73.6 cm³/mol. The minimum Gasteiger partial charge on any atom is -0.358 e. The van der Waals surface area contributed by atoms with Gasteiger partial charge >= 0.3 is 22.4 Å². The maximum Gasteiger partial charge on any atom is 5.00 e. The molecule has 0 heterocycles. The van der Waals surface area contributed by atoms with Gasteiger partial charge in [0.2, 0.25) is 0 Å². The van der Waals surface area contributed by atoms with E-state index in [1.165, 1.54) is 0 Å². The Labute approximate surface area is 110 Å². The molecule has 0 rings (SSSR count). The van der Waals surface area contributed by atoms with E-state index in [4.69, 9.17) is 0 Å². The van der Waals surface area contributed by atoms with Crippen molar-refractivity contribution >= 4 is 37.2 Å². The predicted octanol–water partition coefficient (Wildman–Crippen LogP) is 5.29. The van der Waals surface area contributed by atoms with E-state index in [1.54, 1.807) is 0 Å². The average Bonchev–Trinajstić information content (AvgIpc) is 1.00. The average molecular weight is 542 g/mol. The summed E-state index contributed by atoms with van der Waals surface area (Å²) in [7, 11) is 0. The summed E-state index contributed by atoms with van der Waals surface area (Å²) >= 11 is 4.24. The zero-order valence-corrected chi connectivity index (χ0v) is 13.7. The van der Waals surface area contributed by atoms with Crippen LogP contribution in [0.3, 0.4) is 0 Å². The van der Waals surface area contributed by atoms with Gasteiger partial charge in [0.25, 0.3) is 0 Å². The molecule has 0 spiro atoms. The molecule has 0 aliphatic carbocycles. The molecule has 70 valence electrons. The summed E-state index contributed by atoms with van der Waals surface area (Å²) in [5.74, 6) is 0. The Balaban J connectivity index is -0.000000000179. The molecule has 0 atom stereocenters. The Bertz CT molecular complexity index is 11.6. The quantitative estimate of drug-likeness (QED) is 0.289. The number of rotatable bonds is 0. The first-order valence-corrected chi connectivity index (χ1v) is 6.43. The van der Waals surface area contributed by atoms with Gasteiger partial charge in [0.15, 0.2) is 0 Å². The van der Waals surface area contributed by atoms with Crippen LogP contribution in [0.5, 0.6) is 0 Å². The molecule has 0 nitrogen and oxygen atoms in total. The van der Waals surface area contributed by atoms with Gasteiger partial charge in [-0.15, -0.1) is 0 Å². The van der Waals surface area contributed by atoms with Crippen molar-refractivity contribution in [2.45, 2.75) is 14.9 Å². The van der Waals surface area contributed by atoms with E-state index >= 15 is 0 Å². The van der Waals surface area contributed by atoms with Crippen LogP contribution in [0.1, 0.15) is 14.9 Å². The molecular formula is C7H23I2Ta. The summed E-state index contributed by atoms with van der Waals surface area (Å²) in [6.45, 7) is 0. The van der Waals surface area contributed by atoms with E-state index in [0.29, 0.717) is 0 Å². The molecule has 0 saturated heterocycles. The number of halogens is 2. The van der Waals surface area contributed by atoms with Gasteiger partial charge in [-0.1, -0.05) is 14.9 Å². The largest absolute Gasteiger partial charge is 5.00 e. The Hall–Kier alpha value is 2.20. The molecule has 0 N–H and O–H groups in total. The summed E-state index contributed by atoms with van der Waals surface area (Å²) < 4.78 is 0. The van der Waals surface area contributed by atoms with Gasteiger partial charge in [-0.05, 0) is 0 Å². The van der Waals surface area contributed by atoms with Gasteiger partial charge in [0.1, 0.15) is 0 Å². The summed E-state index contributed by atoms with van der Waals surface area (Å²) in [6, 6.07) is 0. The van der Waals surface area contributed by atoms with E-state index in [0.717, 1.165) is 0 Å². The van der Waals surface area contributed by atoms with Crippen LogP contribution in [0, 0.1) is 37.1 Å². The molecule has 3 heteroatoms. The molecule has 0 amide bonds. The molecule has 10 heavy (non-hydrogen) atoms. The number of hydrogen-bond acceptors (Lipinski definition) is 0. The Morgan fingerprint density at radius 2 is 0.500 bits per heavy atom. The maximum atomic E-state index is 2.12. The first-order chi connectivity index (χ1) is 1.00. The zero-order valence-electron chi connectivity index (χ0n) is 6.20. The van der Waals surface area contributed by atoms with E-state index < -0.39 is 0 Å². The topological polar surface area (TPSA) is 0 Å².